The molecule has 3 saturated heterocycles. The number of imide groups is 2. The highest BCUT2D eigenvalue weighted by Gasteiger charge is 2.57. The molecule has 0 saturated carbocycles. The molecule has 6 atom stereocenters. The van der Waals surface area contributed by atoms with Gasteiger partial charge >= 0.3 is 42.7 Å². The molecule has 35 nitrogen and oxygen atoms in total. The number of amides is 11. The lowest BCUT2D eigenvalue weighted by Crippen LogP contribution is -2.64. The van der Waals surface area contributed by atoms with Gasteiger partial charge in [0, 0.05) is 88.1 Å². The van der Waals surface area contributed by atoms with Crippen molar-refractivity contribution >= 4 is 107 Å². The zero-order valence-corrected chi connectivity index (χ0v) is 61.7. The smallest absolute Gasteiger partial charge is 0.459 e. The fraction of sp³-hybridized carbons (Fsp3) is 0.432. The molecule has 4 N–H and O–H groups in total. The molecule has 110 heavy (non-hydrogen) atoms. The summed E-state index contributed by atoms with van der Waals surface area (Å²) < 4.78 is 66.1. The van der Waals surface area contributed by atoms with Crippen molar-refractivity contribution in [1.29, 1.82) is 0 Å². The molecule has 3 aromatic rings. The largest absolute Gasteiger partial charge is 0.509 e. The zero-order chi connectivity index (χ0) is 80.2. The van der Waals surface area contributed by atoms with Gasteiger partial charge < -0.3 is 87.9 Å². The minimum Gasteiger partial charge on any atom is -0.459 e. The topological polar surface area (TPSA) is 414 Å². The fourth-order valence-electron chi connectivity index (χ4n) is 11.0. The number of esters is 1. The lowest BCUT2D eigenvalue weighted by Gasteiger charge is -2.42. The van der Waals surface area contributed by atoms with Crippen LogP contribution in [0.25, 0.3) is 0 Å². The van der Waals surface area contributed by atoms with Crippen molar-refractivity contribution in [2.45, 2.75) is 128 Å². The van der Waals surface area contributed by atoms with Crippen LogP contribution in [-0.4, -0.2) is 230 Å². The van der Waals surface area contributed by atoms with Crippen LogP contribution in [0.2, 0.25) is 5.02 Å². The molecule has 3 aromatic carbocycles. The predicted molar refractivity (Wildman–Crippen MR) is 385 cm³/mol. The third-order valence-electron chi connectivity index (χ3n) is 16.3. The molecule has 4 heterocycles. The number of ether oxygens (including phenoxy) is 12. The number of fused-ring (bicyclic) bond motifs is 1. The molecule has 36 heteroatoms. The van der Waals surface area contributed by atoms with Gasteiger partial charge in [0.15, 0.2) is 18.3 Å². The molecule has 11 amide bonds. The number of urea groups is 1. The van der Waals surface area contributed by atoms with Gasteiger partial charge in [0.25, 0.3) is 11.8 Å². The first-order chi connectivity index (χ1) is 52.5. The number of carbonyl (C=O) groups excluding carboxylic acids is 14. The third-order valence-corrected chi connectivity index (χ3v) is 16.7. The van der Waals surface area contributed by atoms with Crippen LogP contribution in [0.15, 0.2) is 105 Å². The number of rotatable bonds is 36. The Balaban J connectivity index is 1.04. The van der Waals surface area contributed by atoms with Crippen molar-refractivity contribution in [3.8, 4) is 18.1 Å². The van der Waals surface area contributed by atoms with Gasteiger partial charge in [-0.05, 0) is 86.2 Å². The molecule has 3 fully saturated rings. The Kier molecular flexibility index (Phi) is 32.0. The molecule has 0 radical (unpaired) electrons. The number of likely N-dealkylation sites (tertiary alicyclic amines) is 2. The van der Waals surface area contributed by atoms with Crippen molar-refractivity contribution in [3.05, 3.63) is 138 Å². The highest BCUT2D eigenvalue weighted by atomic mass is 35.5. The molecule has 7 rings (SSSR count). The summed E-state index contributed by atoms with van der Waals surface area (Å²) in [6.07, 6.45) is -7.03. The number of anilines is 2. The van der Waals surface area contributed by atoms with Crippen LogP contribution >= 0.6 is 11.6 Å². The molecule has 1 unspecified atom stereocenters. The first-order valence-corrected chi connectivity index (χ1v) is 34.9. The van der Waals surface area contributed by atoms with E-state index < -0.39 is 185 Å². The normalized spacial score (nSPS) is 17.9. The Morgan fingerprint density at radius 3 is 1.98 bits per heavy atom. The van der Waals surface area contributed by atoms with Crippen LogP contribution in [0.4, 0.5) is 40.1 Å². The number of carbonyl (C=O) groups is 14. The van der Waals surface area contributed by atoms with Crippen LogP contribution in [-0.2, 0) is 112 Å². The summed E-state index contributed by atoms with van der Waals surface area (Å²) in [5.74, 6) is -3.77. The van der Waals surface area contributed by atoms with Crippen LogP contribution in [0.1, 0.15) is 91.9 Å². The number of likely N-dealkylation sites (N-methyl/N-ethyl adjacent to an activating group) is 1. The molecule has 4 aliphatic heterocycles. The number of hydrogen-bond acceptors (Lipinski definition) is 26. The second-order valence-corrected chi connectivity index (χ2v) is 25.9. The van der Waals surface area contributed by atoms with Gasteiger partial charge in [0.1, 0.15) is 57.1 Å². The van der Waals surface area contributed by atoms with Gasteiger partial charge in [-0.2, -0.15) is 0 Å². The molecule has 0 bridgehead atoms. The molecule has 0 aromatic heterocycles. The third kappa shape index (κ3) is 25.0. The number of piperidine rings is 1. The number of terminal acetylenes is 1. The number of halogens is 1. The second kappa shape index (κ2) is 41.3. The quantitative estimate of drug-likeness (QED) is 0.0117. The molecule has 0 spiro atoms. The van der Waals surface area contributed by atoms with Gasteiger partial charge in [-0.1, -0.05) is 92.4 Å². The van der Waals surface area contributed by atoms with Crippen molar-refractivity contribution in [2.75, 3.05) is 90.2 Å². The Bertz CT molecular complexity index is 4010. The lowest BCUT2D eigenvalue weighted by molar-refractivity contribution is -0.276. The molecule has 590 valence electrons. The average Bonchev–Trinajstić information content (AvgIpc) is 1.38. The van der Waals surface area contributed by atoms with Crippen molar-refractivity contribution in [1.82, 2.24) is 35.1 Å². The van der Waals surface area contributed by atoms with E-state index in [0.29, 0.717) is 41.4 Å². The monoisotopic (exact) mass is 1550 g/mol. The minimum absolute atomic E-state index is 0.00610. The van der Waals surface area contributed by atoms with E-state index in [1.165, 1.54) is 46.2 Å². The van der Waals surface area contributed by atoms with Gasteiger partial charge in [0.2, 0.25) is 41.9 Å². The minimum atomic E-state index is -2.17. The Morgan fingerprint density at radius 2 is 1.34 bits per heavy atom. The summed E-state index contributed by atoms with van der Waals surface area (Å²) in [4.78, 5) is 192. The number of hydrogen-bond donors (Lipinski definition) is 4. The standard InChI is InChI=1S/C74H86ClN9O26/c1-10-29-81(44-84-59(89)22-20-53(65(84)91)83-42-48-38-45(15-19-50(48)64(83)90)41-77-68(93)78-49-18-17-47(51(75)40-49)27-36-99-37-31-80(9)69(94)110-74(6,7)8)70(95)104-43-46-16-21-54(52(39-46)79-56(86)25-28-76-55(85)26-30-82-57(87)23-24-58(82)88)105-67-63(109-73(98)103-35-14-5)61(108-72(97)102-34-13-4)60(107-71(96)101-33-12-3)62(106-67)66(92)100-32-11-2/h1,11-19,21,38-40,53,60-63,67H,2-5,20,22-37,41-44H2,6-9H3,(H,76,85)(H,79,86)(H2,77,78,93)/t53?,60-,61-,62-,63+,67+/m0/s1. The van der Waals surface area contributed by atoms with Gasteiger partial charge in [-0.25, -0.2) is 33.6 Å². The highest BCUT2D eigenvalue weighted by Crippen LogP contribution is 2.36. The first-order valence-electron chi connectivity index (χ1n) is 34.5. The van der Waals surface area contributed by atoms with Gasteiger partial charge in [0.05, 0.1) is 25.4 Å². The summed E-state index contributed by atoms with van der Waals surface area (Å²) in [7, 11) is 1.62. The number of benzene rings is 3. The zero-order valence-electron chi connectivity index (χ0n) is 61.0. The molecule has 0 aliphatic carbocycles. The Hall–Kier alpha value is -12.0. The maximum Gasteiger partial charge on any atom is 0.509 e. The summed E-state index contributed by atoms with van der Waals surface area (Å²) in [6, 6.07) is 11.9. The van der Waals surface area contributed by atoms with E-state index in [-0.39, 0.29) is 81.7 Å². The van der Waals surface area contributed by atoms with E-state index in [0.717, 1.165) is 26.3 Å². The van der Waals surface area contributed by atoms with E-state index in [4.69, 9.17) is 74.9 Å². The second-order valence-electron chi connectivity index (χ2n) is 25.5. The number of nitrogens with zero attached hydrogens (tertiary/aromatic N) is 5. The molecular weight excluding hydrogens is 1470 g/mol. The van der Waals surface area contributed by atoms with Crippen LogP contribution in [0, 0.1) is 12.3 Å². The van der Waals surface area contributed by atoms with E-state index >= 15 is 0 Å². The maximum absolute atomic E-state index is 14.4. The van der Waals surface area contributed by atoms with Crippen LogP contribution < -0.4 is 26.0 Å². The summed E-state index contributed by atoms with van der Waals surface area (Å²) >= 11 is 6.56. The van der Waals surface area contributed by atoms with E-state index in [9.17, 15) is 67.1 Å². The summed E-state index contributed by atoms with van der Waals surface area (Å²) in [6.45, 7) is 16.0. The van der Waals surface area contributed by atoms with Gasteiger partial charge in [-0.3, -0.25) is 48.3 Å². The maximum atomic E-state index is 14.4. The number of nitrogens with one attached hydrogen (secondary N) is 4. The lowest BCUT2D eigenvalue weighted by atomic mass is 9.98. The van der Waals surface area contributed by atoms with Crippen molar-refractivity contribution < 1.29 is 124 Å². The van der Waals surface area contributed by atoms with E-state index in [2.05, 4.69) is 53.5 Å². The predicted octanol–water partition coefficient (Wildman–Crippen LogP) is 6.73. The average molecular weight is 1550 g/mol. The van der Waals surface area contributed by atoms with Crippen LogP contribution in [0.5, 0.6) is 5.75 Å². The Morgan fingerprint density at radius 1 is 0.700 bits per heavy atom. The summed E-state index contributed by atoms with van der Waals surface area (Å²) in [5, 5.41) is 11.0. The van der Waals surface area contributed by atoms with E-state index in [1.54, 1.807) is 64.2 Å². The van der Waals surface area contributed by atoms with Crippen molar-refractivity contribution in [3.63, 3.8) is 0 Å². The van der Waals surface area contributed by atoms with Crippen LogP contribution in [0.3, 0.4) is 0 Å². The van der Waals surface area contributed by atoms with Gasteiger partial charge in [-0.15, -0.1) is 6.42 Å². The van der Waals surface area contributed by atoms with E-state index in [1.807, 2.05) is 0 Å². The SMILES string of the molecule is C#CCN(CN1C(=O)CCC(N2Cc3cc(CNC(=O)Nc4ccc(CCOCCN(C)C(=O)OC(C)(C)C)c(Cl)c4)ccc3C2=O)C1=O)C(=O)OCc1ccc(O[C@@H]2O[C@H](C(=O)OCC=C)[C@@H](OC(=O)OCC=C)[C@H](OC(=O)OCC=C)[C@H]2OC(=O)OCC=C)c(NC(=O)CCNC(=O)CCN2C(=O)CCC2=O)c1. The molecule has 4 aliphatic rings. The Labute approximate surface area is 637 Å². The fourth-order valence-corrected chi connectivity index (χ4v) is 11.3. The van der Waals surface area contributed by atoms with Crippen molar-refractivity contribution in [2.24, 2.45) is 0 Å². The summed E-state index contributed by atoms with van der Waals surface area (Å²) in [5.41, 5.74) is 1.74. The molecular formula is C74H86ClN9O26. The highest BCUT2D eigenvalue weighted by molar-refractivity contribution is 6.31. The first kappa shape index (κ1) is 85.2.